The molecule has 0 aromatic heterocycles. The normalized spacial score (nSPS) is 22.8. The largest absolute Gasteiger partial charge is 0.481 e. The van der Waals surface area contributed by atoms with Crippen LogP contribution in [0, 0.1) is 5.41 Å². The van der Waals surface area contributed by atoms with E-state index in [1.807, 2.05) is 24.3 Å². The van der Waals surface area contributed by atoms with E-state index in [9.17, 15) is 9.59 Å². The van der Waals surface area contributed by atoms with Crippen molar-refractivity contribution in [2.75, 3.05) is 0 Å². The van der Waals surface area contributed by atoms with Crippen LogP contribution < -0.4 is 0 Å². The van der Waals surface area contributed by atoms with Gasteiger partial charge in [-0.1, -0.05) is 36.2 Å². The average molecular weight is 295 g/mol. The molecule has 4 heteroatoms. The minimum Gasteiger partial charge on any atom is -0.481 e. The fraction of sp³-hybridized carbons (Fsp3) is 0.500. The number of carbonyl (C=O) groups is 2. The summed E-state index contributed by atoms with van der Waals surface area (Å²) in [7, 11) is 0. The molecular formula is C16H19ClO3. The van der Waals surface area contributed by atoms with E-state index < -0.39 is 11.4 Å². The molecule has 1 aromatic carbocycles. The number of benzene rings is 1. The topological polar surface area (TPSA) is 54.4 Å². The summed E-state index contributed by atoms with van der Waals surface area (Å²) in [5.74, 6) is -0.646. The Balaban J connectivity index is 2.24. The zero-order valence-electron chi connectivity index (χ0n) is 11.4. The second kappa shape index (κ2) is 6.40. The van der Waals surface area contributed by atoms with Gasteiger partial charge in [0.2, 0.25) is 0 Å². The molecule has 1 aliphatic rings. The molecule has 20 heavy (non-hydrogen) atoms. The highest BCUT2D eigenvalue weighted by atomic mass is 35.5. The SMILES string of the molecule is O=C(O)CCC1(Cc2ccccc2Cl)CCCCC1=O. The Morgan fingerprint density at radius 3 is 2.70 bits per heavy atom. The number of Topliss-reactive ketones (excluding diaryl/α,β-unsaturated/α-hetero) is 1. The zero-order valence-corrected chi connectivity index (χ0v) is 12.2. The van der Waals surface area contributed by atoms with E-state index in [2.05, 4.69) is 0 Å². The van der Waals surface area contributed by atoms with Gasteiger partial charge in [-0.15, -0.1) is 0 Å². The van der Waals surface area contributed by atoms with Gasteiger partial charge in [0, 0.05) is 23.3 Å². The van der Waals surface area contributed by atoms with Crippen molar-refractivity contribution in [1.29, 1.82) is 0 Å². The Morgan fingerprint density at radius 1 is 1.30 bits per heavy atom. The van der Waals surface area contributed by atoms with Crippen molar-refractivity contribution in [2.45, 2.75) is 44.9 Å². The van der Waals surface area contributed by atoms with Crippen LogP contribution in [-0.4, -0.2) is 16.9 Å². The van der Waals surface area contributed by atoms with E-state index in [0.717, 1.165) is 24.8 Å². The van der Waals surface area contributed by atoms with Crippen molar-refractivity contribution >= 4 is 23.4 Å². The predicted molar refractivity (Wildman–Crippen MR) is 77.9 cm³/mol. The lowest BCUT2D eigenvalue weighted by molar-refractivity contribution is -0.139. The summed E-state index contributed by atoms with van der Waals surface area (Å²) >= 11 is 6.19. The van der Waals surface area contributed by atoms with Crippen molar-refractivity contribution in [3.05, 3.63) is 34.9 Å². The first kappa shape index (κ1) is 15.0. The summed E-state index contributed by atoms with van der Waals surface area (Å²) in [6.45, 7) is 0. The van der Waals surface area contributed by atoms with E-state index in [1.54, 1.807) is 0 Å². The van der Waals surface area contributed by atoms with Crippen LogP contribution in [0.15, 0.2) is 24.3 Å². The fourth-order valence-corrected chi connectivity index (χ4v) is 3.25. The molecule has 1 atom stereocenters. The Labute approximate surface area is 123 Å². The molecule has 1 N–H and O–H groups in total. The number of aliphatic carboxylic acids is 1. The van der Waals surface area contributed by atoms with Gasteiger partial charge in [-0.2, -0.15) is 0 Å². The number of hydrogen-bond acceptors (Lipinski definition) is 2. The van der Waals surface area contributed by atoms with Gasteiger partial charge in [-0.05, 0) is 37.3 Å². The van der Waals surface area contributed by atoms with Gasteiger partial charge >= 0.3 is 5.97 Å². The highest BCUT2D eigenvalue weighted by Crippen LogP contribution is 2.41. The lowest BCUT2D eigenvalue weighted by Crippen LogP contribution is -2.37. The van der Waals surface area contributed by atoms with Crippen LogP contribution in [0.4, 0.5) is 0 Å². The van der Waals surface area contributed by atoms with Gasteiger partial charge in [0.25, 0.3) is 0 Å². The van der Waals surface area contributed by atoms with Gasteiger partial charge in [-0.25, -0.2) is 0 Å². The van der Waals surface area contributed by atoms with Crippen molar-refractivity contribution in [2.24, 2.45) is 5.41 Å². The highest BCUT2D eigenvalue weighted by Gasteiger charge is 2.40. The Kier molecular flexibility index (Phi) is 4.81. The third-order valence-electron chi connectivity index (χ3n) is 4.20. The van der Waals surface area contributed by atoms with E-state index in [4.69, 9.17) is 16.7 Å². The summed E-state index contributed by atoms with van der Waals surface area (Å²) < 4.78 is 0. The Hall–Kier alpha value is -1.35. The molecular weight excluding hydrogens is 276 g/mol. The van der Waals surface area contributed by atoms with Crippen LogP contribution in [-0.2, 0) is 16.0 Å². The molecule has 0 bridgehead atoms. The van der Waals surface area contributed by atoms with Crippen molar-refractivity contribution in [3.8, 4) is 0 Å². The van der Waals surface area contributed by atoms with Crippen LogP contribution in [0.3, 0.4) is 0 Å². The summed E-state index contributed by atoms with van der Waals surface area (Å²) in [4.78, 5) is 23.3. The van der Waals surface area contributed by atoms with Gasteiger partial charge in [-0.3, -0.25) is 9.59 Å². The average Bonchev–Trinajstić information content (AvgIpc) is 2.42. The van der Waals surface area contributed by atoms with E-state index >= 15 is 0 Å². The van der Waals surface area contributed by atoms with Crippen LogP contribution in [0.2, 0.25) is 5.02 Å². The molecule has 0 radical (unpaired) electrons. The molecule has 0 heterocycles. The first-order valence-corrected chi connectivity index (χ1v) is 7.40. The minimum atomic E-state index is -0.845. The standard InChI is InChI=1S/C16H19ClO3/c17-13-6-2-1-5-12(13)11-16(10-8-15(19)20)9-4-3-7-14(16)18/h1-2,5-6H,3-4,7-11H2,(H,19,20). The highest BCUT2D eigenvalue weighted by molar-refractivity contribution is 6.31. The third kappa shape index (κ3) is 3.40. The maximum Gasteiger partial charge on any atom is 0.303 e. The van der Waals surface area contributed by atoms with Crippen LogP contribution in [0.25, 0.3) is 0 Å². The number of hydrogen-bond donors (Lipinski definition) is 1. The Bertz CT molecular complexity index is 512. The summed E-state index contributed by atoms with van der Waals surface area (Å²) in [6, 6.07) is 7.50. The molecule has 0 amide bonds. The molecule has 0 aliphatic heterocycles. The third-order valence-corrected chi connectivity index (χ3v) is 4.57. The fourth-order valence-electron chi connectivity index (χ4n) is 3.05. The van der Waals surface area contributed by atoms with E-state index in [0.29, 0.717) is 24.3 Å². The molecule has 1 aromatic rings. The molecule has 108 valence electrons. The van der Waals surface area contributed by atoms with Crippen LogP contribution in [0.5, 0.6) is 0 Å². The van der Waals surface area contributed by atoms with Gasteiger partial charge in [0.15, 0.2) is 0 Å². The quantitative estimate of drug-likeness (QED) is 0.896. The number of halogens is 1. The number of carboxylic acids is 1. The number of carboxylic acid groups (broad SMARTS) is 1. The van der Waals surface area contributed by atoms with Crippen molar-refractivity contribution < 1.29 is 14.7 Å². The summed E-state index contributed by atoms with van der Waals surface area (Å²) in [6.07, 6.45) is 4.22. The smallest absolute Gasteiger partial charge is 0.303 e. The molecule has 2 rings (SSSR count). The number of ketones is 1. The molecule has 0 saturated heterocycles. The number of rotatable bonds is 5. The van der Waals surface area contributed by atoms with Gasteiger partial charge in [0.05, 0.1) is 0 Å². The lowest BCUT2D eigenvalue weighted by Gasteiger charge is -2.36. The molecule has 1 saturated carbocycles. The van der Waals surface area contributed by atoms with Gasteiger partial charge in [0.1, 0.15) is 5.78 Å². The van der Waals surface area contributed by atoms with E-state index in [-0.39, 0.29) is 12.2 Å². The Morgan fingerprint density at radius 2 is 2.05 bits per heavy atom. The van der Waals surface area contributed by atoms with Crippen molar-refractivity contribution in [1.82, 2.24) is 0 Å². The molecule has 1 aliphatic carbocycles. The van der Waals surface area contributed by atoms with E-state index in [1.165, 1.54) is 0 Å². The van der Waals surface area contributed by atoms with Crippen molar-refractivity contribution in [3.63, 3.8) is 0 Å². The second-order valence-corrected chi connectivity index (χ2v) is 5.98. The minimum absolute atomic E-state index is 0.0379. The maximum absolute atomic E-state index is 12.4. The van der Waals surface area contributed by atoms with Crippen LogP contribution in [0.1, 0.15) is 44.1 Å². The first-order chi connectivity index (χ1) is 9.53. The summed E-state index contributed by atoms with van der Waals surface area (Å²) in [5.41, 5.74) is 0.400. The maximum atomic E-state index is 12.4. The lowest BCUT2D eigenvalue weighted by atomic mass is 9.67. The molecule has 1 unspecified atom stereocenters. The zero-order chi connectivity index (χ0) is 14.6. The molecule has 0 spiro atoms. The number of carbonyl (C=O) groups excluding carboxylic acids is 1. The van der Waals surface area contributed by atoms with Gasteiger partial charge < -0.3 is 5.11 Å². The first-order valence-electron chi connectivity index (χ1n) is 7.02. The van der Waals surface area contributed by atoms with Crippen LogP contribution >= 0.6 is 11.6 Å². The molecule has 1 fully saturated rings. The summed E-state index contributed by atoms with van der Waals surface area (Å²) in [5, 5.41) is 9.58. The predicted octanol–water partition coefficient (Wildman–Crippen LogP) is 3.88. The molecule has 3 nitrogen and oxygen atoms in total. The monoisotopic (exact) mass is 294 g/mol. The second-order valence-electron chi connectivity index (χ2n) is 5.57.